The third kappa shape index (κ3) is 3.17. The summed E-state index contributed by atoms with van der Waals surface area (Å²) in [4.78, 5) is 22.4. The summed E-state index contributed by atoms with van der Waals surface area (Å²) in [5.41, 5.74) is 2.73. The summed E-state index contributed by atoms with van der Waals surface area (Å²) in [6.07, 6.45) is 2.73. The molecule has 1 saturated heterocycles. The molecule has 25 heavy (non-hydrogen) atoms. The number of pyridine rings is 2. The number of likely N-dealkylation sites (tertiary alicyclic amines) is 1. The lowest BCUT2D eigenvalue weighted by Crippen LogP contribution is -2.25. The van der Waals surface area contributed by atoms with Crippen LogP contribution < -0.4 is 5.32 Å². The predicted molar refractivity (Wildman–Crippen MR) is 95.1 cm³/mol. The second-order valence-corrected chi connectivity index (χ2v) is 6.33. The van der Waals surface area contributed by atoms with Gasteiger partial charge in [-0.05, 0) is 30.7 Å². The van der Waals surface area contributed by atoms with Crippen LogP contribution in [0.4, 0.5) is 5.82 Å². The molecule has 3 aromatic rings. The van der Waals surface area contributed by atoms with Gasteiger partial charge in [-0.15, -0.1) is 0 Å². The number of aromatic amines is 1. The molecule has 4 heterocycles. The standard InChI is InChI=1S/C18H20N6O/c1-12(25)24-9-7-13(11-24)16-6-5-15-17(22-23-18(15)21-16)20-10-14-4-2-3-8-19-14/h2-6,8,13H,7,9-11H2,1H3,(H2,20,21,22,23). The highest BCUT2D eigenvalue weighted by Crippen LogP contribution is 2.28. The van der Waals surface area contributed by atoms with Gasteiger partial charge in [-0.3, -0.25) is 14.9 Å². The number of hydrogen-bond donors (Lipinski definition) is 2. The average molecular weight is 336 g/mol. The summed E-state index contributed by atoms with van der Waals surface area (Å²) >= 11 is 0. The van der Waals surface area contributed by atoms with Crippen LogP contribution >= 0.6 is 0 Å². The first kappa shape index (κ1) is 15.6. The topological polar surface area (TPSA) is 86.8 Å². The fourth-order valence-corrected chi connectivity index (χ4v) is 3.25. The van der Waals surface area contributed by atoms with Gasteiger partial charge in [0.25, 0.3) is 0 Å². The molecule has 4 rings (SSSR count). The largest absolute Gasteiger partial charge is 0.362 e. The van der Waals surface area contributed by atoms with Crippen molar-refractivity contribution >= 4 is 22.8 Å². The van der Waals surface area contributed by atoms with E-state index in [1.165, 1.54) is 0 Å². The normalized spacial score (nSPS) is 17.2. The van der Waals surface area contributed by atoms with Crippen LogP contribution in [0.5, 0.6) is 0 Å². The Bertz CT molecular complexity index is 891. The Morgan fingerprint density at radius 1 is 1.36 bits per heavy atom. The number of fused-ring (bicyclic) bond motifs is 1. The highest BCUT2D eigenvalue weighted by molar-refractivity contribution is 5.87. The van der Waals surface area contributed by atoms with Gasteiger partial charge in [0.05, 0.1) is 17.6 Å². The van der Waals surface area contributed by atoms with Crippen molar-refractivity contribution in [2.45, 2.75) is 25.8 Å². The quantitative estimate of drug-likeness (QED) is 0.763. The van der Waals surface area contributed by atoms with E-state index in [1.807, 2.05) is 35.2 Å². The van der Waals surface area contributed by atoms with Crippen LogP contribution in [0.1, 0.15) is 30.7 Å². The molecule has 128 valence electrons. The molecule has 0 aliphatic carbocycles. The van der Waals surface area contributed by atoms with E-state index in [1.54, 1.807) is 13.1 Å². The monoisotopic (exact) mass is 336 g/mol. The summed E-state index contributed by atoms with van der Waals surface area (Å²) < 4.78 is 0. The van der Waals surface area contributed by atoms with Crippen molar-refractivity contribution in [3.05, 3.63) is 47.9 Å². The zero-order valence-electron chi connectivity index (χ0n) is 14.1. The first-order valence-corrected chi connectivity index (χ1v) is 8.45. The van der Waals surface area contributed by atoms with E-state index in [9.17, 15) is 4.79 Å². The van der Waals surface area contributed by atoms with E-state index in [4.69, 9.17) is 4.98 Å². The zero-order valence-corrected chi connectivity index (χ0v) is 14.1. The molecule has 1 unspecified atom stereocenters. The van der Waals surface area contributed by atoms with Crippen molar-refractivity contribution in [3.63, 3.8) is 0 Å². The van der Waals surface area contributed by atoms with Crippen molar-refractivity contribution in [2.75, 3.05) is 18.4 Å². The van der Waals surface area contributed by atoms with Crippen LogP contribution in [0, 0.1) is 0 Å². The molecule has 1 amide bonds. The van der Waals surface area contributed by atoms with Gasteiger partial charge in [0.2, 0.25) is 5.91 Å². The first-order valence-electron chi connectivity index (χ1n) is 8.45. The van der Waals surface area contributed by atoms with Gasteiger partial charge in [0.1, 0.15) is 0 Å². The molecule has 0 bridgehead atoms. The second-order valence-electron chi connectivity index (χ2n) is 6.33. The summed E-state index contributed by atoms with van der Waals surface area (Å²) in [5, 5.41) is 11.6. The number of hydrogen-bond acceptors (Lipinski definition) is 5. The summed E-state index contributed by atoms with van der Waals surface area (Å²) in [6, 6.07) is 9.91. The maximum absolute atomic E-state index is 11.5. The lowest BCUT2D eigenvalue weighted by molar-refractivity contribution is -0.127. The van der Waals surface area contributed by atoms with Gasteiger partial charge in [-0.25, -0.2) is 4.98 Å². The third-order valence-electron chi connectivity index (χ3n) is 4.66. The Morgan fingerprint density at radius 3 is 3.04 bits per heavy atom. The minimum absolute atomic E-state index is 0.131. The molecule has 1 aliphatic heterocycles. The second kappa shape index (κ2) is 6.51. The number of aromatic nitrogens is 4. The smallest absolute Gasteiger partial charge is 0.219 e. The SMILES string of the molecule is CC(=O)N1CCC(c2ccc3c(NCc4ccccn4)n[nH]c3n2)C1. The van der Waals surface area contributed by atoms with Gasteiger partial charge in [-0.1, -0.05) is 6.07 Å². The summed E-state index contributed by atoms with van der Waals surface area (Å²) in [5.74, 6) is 1.20. The van der Waals surface area contributed by atoms with Crippen molar-refractivity contribution < 1.29 is 4.79 Å². The number of rotatable bonds is 4. The number of H-pyrrole nitrogens is 1. The number of anilines is 1. The minimum Gasteiger partial charge on any atom is -0.362 e. The van der Waals surface area contributed by atoms with E-state index >= 15 is 0 Å². The third-order valence-corrected chi connectivity index (χ3v) is 4.66. The van der Waals surface area contributed by atoms with Gasteiger partial charge in [-0.2, -0.15) is 5.10 Å². The van der Waals surface area contributed by atoms with Crippen LogP contribution in [0.2, 0.25) is 0 Å². The molecule has 0 spiro atoms. The number of amides is 1. The Hall–Kier alpha value is -2.96. The number of nitrogens with zero attached hydrogens (tertiary/aromatic N) is 4. The Morgan fingerprint density at radius 2 is 2.28 bits per heavy atom. The van der Waals surface area contributed by atoms with Gasteiger partial charge in [0.15, 0.2) is 11.5 Å². The van der Waals surface area contributed by atoms with E-state index in [2.05, 4.69) is 20.5 Å². The van der Waals surface area contributed by atoms with Crippen molar-refractivity contribution in [2.24, 2.45) is 0 Å². The molecular formula is C18H20N6O. The maximum Gasteiger partial charge on any atom is 0.219 e. The van der Waals surface area contributed by atoms with E-state index in [0.717, 1.165) is 47.7 Å². The molecule has 2 N–H and O–H groups in total. The van der Waals surface area contributed by atoms with Crippen molar-refractivity contribution in [1.29, 1.82) is 0 Å². The zero-order chi connectivity index (χ0) is 17.2. The van der Waals surface area contributed by atoms with Crippen LogP contribution in [0.15, 0.2) is 36.5 Å². The Balaban J connectivity index is 1.50. The molecule has 7 nitrogen and oxygen atoms in total. The number of nitrogens with one attached hydrogen (secondary N) is 2. The summed E-state index contributed by atoms with van der Waals surface area (Å²) in [7, 11) is 0. The average Bonchev–Trinajstić information content (AvgIpc) is 3.28. The molecule has 1 aliphatic rings. The van der Waals surface area contributed by atoms with Gasteiger partial charge >= 0.3 is 0 Å². The van der Waals surface area contributed by atoms with Crippen molar-refractivity contribution in [3.8, 4) is 0 Å². The Labute approximate surface area is 145 Å². The van der Waals surface area contributed by atoms with Crippen LogP contribution in [0.3, 0.4) is 0 Å². The van der Waals surface area contributed by atoms with Gasteiger partial charge < -0.3 is 10.2 Å². The summed E-state index contributed by atoms with van der Waals surface area (Å²) in [6.45, 7) is 3.78. The fraction of sp³-hybridized carbons (Fsp3) is 0.333. The highest BCUT2D eigenvalue weighted by atomic mass is 16.2. The molecule has 3 aromatic heterocycles. The molecule has 1 atom stereocenters. The van der Waals surface area contributed by atoms with E-state index in [-0.39, 0.29) is 5.91 Å². The van der Waals surface area contributed by atoms with E-state index in [0.29, 0.717) is 12.5 Å². The number of carbonyl (C=O) groups excluding carboxylic acids is 1. The lowest BCUT2D eigenvalue weighted by Gasteiger charge is -2.13. The highest BCUT2D eigenvalue weighted by Gasteiger charge is 2.26. The molecule has 1 fully saturated rings. The van der Waals surface area contributed by atoms with E-state index < -0.39 is 0 Å². The van der Waals surface area contributed by atoms with Gasteiger partial charge in [0, 0.05) is 37.8 Å². The first-order chi connectivity index (χ1) is 12.2. The van der Waals surface area contributed by atoms with Crippen LogP contribution in [-0.2, 0) is 11.3 Å². The lowest BCUT2D eigenvalue weighted by atomic mass is 10.0. The van der Waals surface area contributed by atoms with Crippen molar-refractivity contribution in [1.82, 2.24) is 25.1 Å². The minimum atomic E-state index is 0.131. The molecule has 0 aromatic carbocycles. The molecular weight excluding hydrogens is 316 g/mol. The molecule has 0 saturated carbocycles. The predicted octanol–water partition coefficient (Wildman–Crippen LogP) is 2.30. The fourth-order valence-electron chi connectivity index (χ4n) is 3.25. The molecule has 7 heteroatoms. The number of carbonyl (C=O) groups is 1. The molecule has 0 radical (unpaired) electrons. The Kier molecular flexibility index (Phi) is 4.05. The van der Waals surface area contributed by atoms with Crippen LogP contribution in [0.25, 0.3) is 11.0 Å². The maximum atomic E-state index is 11.5. The van der Waals surface area contributed by atoms with Crippen LogP contribution in [-0.4, -0.2) is 44.1 Å².